The van der Waals surface area contributed by atoms with E-state index in [0.29, 0.717) is 6.04 Å². The third-order valence-corrected chi connectivity index (χ3v) is 2.00. The van der Waals surface area contributed by atoms with Crippen LogP contribution in [0.2, 0.25) is 0 Å². The second-order valence-electron chi connectivity index (χ2n) is 3.43. The molecule has 0 bridgehead atoms. The summed E-state index contributed by atoms with van der Waals surface area (Å²) in [7, 11) is 0. The lowest BCUT2D eigenvalue weighted by atomic mass is 10.2. The number of rotatable bonds is 4. The van der Waals surface area contributed by atoms with Crippen LogP contribution in [0.5, 0.6) is 0 Å². The highest BCUT2D eigenvalue weighted by Crippen LogP contribution is 2.13. The van der Waals surface area contributed by atoms with Crippen LogP contribution in [0.3, 0.4) is 0 Å². The van der Waals surface area contributed by atoms with Crippen molar-refractivity contribution in [1.29, 1.82) is 0 Å². The number of aliphatic hydroxyl groups excluding tert-OH is 1. The van der Waals surface area contributed by atoms with Gasteiger partial charge in [-0.2, -0.15) is 0 Å². The summed E-state index contributed by atoms with van der Waals surface area (Å²) in [5, 5.41) is 17.0. The van der Waals surface area contributed by atoms with Crippen LogP contribution in [0.1, 0.15) is 44.6 Å². The molecule has 0 saturated carbocycles. The number of aromatic nitrogens is 3. The zero-order valence-corrected chi connectivity index (χ0v) is 8.49. The van der Waals surface area contributed by atoms with E-state index in [2.05, 4.69) is 31.1 Å². The van der Waals surface area contributed by atoms with Crippen molar-refractivity contribution in [3.8, 4) is 0 Å². The fourth-order valence-electron chi connectivity index (χ4n) is 1.38. The van der Waals surface area contributed by atoms with Crippen LogP contribution < -0.4 is 0 Å². The normalized spacial score (nSPS) is 11.2. The zero-order chi connectivity index (χ0) is 9.84. The molecule has 4 nitrogen and oxygen atoms in total. The fourth-order valence-corrected chi connectivity index (χ4v) is 1.38. The average Bonchev–Trinajstić information content (AvgIpc) is 2.48. The molecule has 0 saturated heterocycles. The molecular weight excluding hydrogens is 166 g/mol. The van der Waals surface area contributed by atoms with Crippen molar-refractivity contribution >= 4 is 0 Å². The van der Waals surface area contributed by atoms with Crippen molar-refractivity contribution < 1.29 is 5.11 Å². The molecule has 1 heterocycles. The molecule has 0 amide bonds. The lowest BCUT2D eigenvalue weighted by Crippen LogP contribution is -2.08. The maximum absolute atomic E-state index is 9.02. The van der Waals surface area contributed by atoms with Crippen LogP contribution in [0.4, 0.5) is 0 Å². The third-order valence-electron chi connectivity index (χ3n) is 2.00. The lowest BCUT2D eigenvalue weighted by Gasteiger charge is -2.09. The first-order chi connectivity index (χ1) is 6.20. The van der Waals surface area contributed by atoms with E-state index in [9.17, 15) is 0 Å². The summed E-state index contributed by atoms with van der Waals surface area (Å²) in [5.41, 5.74) is 1.79. The van der Waals surface area contributed by atoms with Crippen molar-refractivity contribution in [2.75, 3.05) is 0 Å². The Morgan fingerprint density at radius 2 is 2.15 bits per heavy atom. The van der Waals surface area contributed by atoms with E-state index in [1.54, 1.807) is 0 Å². The molecule has 0 aliphatic heterocycles. The minimum Gasteiger partial charge on any atom is -0.390 e. The summed E-state index contributed by atoms with van der Waals surface area (Å²) < 4.78 is 1.88. The Bertz CT molecular complexity index is 268. The molecular formula is C9H17N3O. The minimum atomic E-state index is -0.0119. The van der Waals surface area contributed by atoms with Crippen LogP contribution in [-0.4, -0.2) is 20.1 Å². The van der Waals surface area contributed by atoms with Gasteiger partial charge in [0.25, 0.3) is 0 Å². The molecule has 0 fully saturated rings. The maximum Gasteiger partial charge on any atom is 0.111 e. The molecule has 0 aliphatic carbocycles. The Morgan fingerprint density at radius 3 is 2.62 bits per heavy atom. The Labute approximate surface area is 78.6 Å². The van der Waals surface area contributed by atoms with Crippen LogP contribution in [0.15, 0.2) is 0 Å². The maximum atomic E-state index is 9.02. The quantitative estimate of drug-likeness (QED) is 0.765. The van der Waals surface area contributed by atoms with Gasteiger partial charge in [-0.05, 0) is 20.3 Å². The first-order valence-corrected chi connectivity index (χ1v) is 4.74. The monoisotopic (exact) mass is 183 g/mol. The van der Waals surface area contributed by atoms with Gasteiger partial charge in [-0.3, -0.25) is 0 Å². The molecule has 0 spiro atoms. The summed E-state index contributed by atoms with van der Waals surface area (Å²) in [6, 6.07) is 0.314. The van der Waals surface area contributed by atoms with Crippen LogP contribution in [-0.2, 0) is 13.0 Å². The summed E-state index contributed by atoms with van der Waals surface area (Å²) in [5.74, 6) is 0. The molecule has 4 heteroatoms. The third kappa shape index (κ3) is 2.06. The Balaban J connectivity index is 2.99. The van der Waals surface area contributed by atoms with Gasteiger partial charge in [0, 0.05) is 6.04 Å². The van der Waals surface area contributed by atoms with E-state index < -0.39 is 0 Å². The molecule has 0 unspecified atom stereocenters. The van der Waals surface area contributed by atoms with E-state index >= 15 is 0 Å². The first kappa shape index (κ1) is 10.2. The summed E-state index contributed by atoms with van der Waals surface area (Å²) in [4.78, 5) is 0. The summed E-state index contributed by atoms with van der Waals surface area (Å²) in [6.45, 7) is 6.23. The molecule has 0 aromatic carbocycles. The van der Waals surface area contributed by atoms with Gasteiger partial charge >= 0.3 is 0 Å². The predicted octanol–water partition coefficient (Wildman–Crippen LogP) is 1.30. The van der Waals surface area contributed by atoms with Crippen molar-refractivity contribution in [3.05, 3.63) is 11.4 Å². The molecule has 13 heavy (non-hydrogen) atoms. The largest absolute Gasteiger partial charge is 0.390 e. The lowest BCUT2D eigenvalue weighted by molar-refractivity contribution is 0.275. The smallest absolute Gasteiger partial charge is 0.111 e. The highest BCUT2D eigenvalue weighted by Gasteiger charge is 2.12. The SMILES string of the molecule is CCCc1c(CO)nnn1C(C)C. The van der Waals surface area contributed by atoms with Gasteiger partial charge in [0.05, 0.1) is 12.3 Å². The zero-order valence-electron chi connectivity index (χ0n) is 8.49. The average molecular weight is 183 g/mol. The number of nitrogens with zero attached hydrogens (tertiary/aromatic N) is 3. The number of hydrogen-bond donors (Lipinski definition) is 1. The second-order valence-corrected chi connectivity index (χ2v) is 3.43. The Hall–Kier alpha value is -0.900. The number of hydrogen-bond acceptors (Lipinski definition) is 3. The molecule has 0 atom stereocenters. The van der Waals surface area contributed by atoms with E-state index in [1.807, 2.05) is 4.68 Å². The van der Waals surface area contributed by atoms with Crippen molar-refractivity contribution in [2.24, 2.45) is 0 Å². The molecule has 1 rings (SSSR count). The van der Waals surface area contributed by atoms with Crippen molar-refractivity contribution in [3.63, 3.8) is 0 Å². The van der Waals surface area contributed by atoms with Gasteiger partial charge in [0.1, 0.15) is 5.69 Å². The van der Waals surface area contributed by atoms with Crippen molar-refractivity contribution in [1.82, 2.24) is 15.0 Å². The van der Waals surface area contributed by atoms with Crippen LogP contribution in [0.25, 0.3) is 0 Å². The Kier molecular flexibility index (Phi) is 3.42. The summed E-state index contributed by atoms with van der Waals surface area (Å²) in [6.07, 6.45) is 1.98. The molecule has 74 valence electrons. The van der Waals surface area contributed by atoms with E-state index in [-0.39, 0.29) is 6.61 Å². The first-order valence-electron chi connectivity index (χ1n) is 4.74. The standard InChI is InChI=1S/C9H17N3O/c1-4-5-9-8(6-13)10-11-12(9)7(2)3/h7,13H,4-6H2,1-3H3. The predicted molar refractivity (Wildman–Crippen MR) is 50.3 cm³/mol. The molecule has 1 aromatic rings. The van der Waals surface area contributed by atoms with E-state index in [1.165, 1.54) is 0 Å². The van der Waals surface area contributed by atoms with Gasteiger partial charge in [-0.25, -0.2) is 4.68 Å². The molecule has 1 N–H and O–H groups in total. The number of aliphatic hydroxyl groups is 1. The van der Waals surface area contributed by atoms with Gasteiger partial charge in [0.15, 0.2) is 0 Å². The Morgan fingerprint density at radius 1 is 1.46 bits per heavy atom. The highest BCUT2D eigenvalue weighted by molar-refractivity contribution is 5.09. The highest BCUT2D eigenvalue weighted by atomic mass is 16.3. The van der Waals surface area contributed by atoms with Gasteiger partial charge in [-0.1, -0.05) is 18.6 Å². The van der Waals surface area contributed by atoms with Crippen LogP contribution in [0, 0.1) is 0 Å². The van der Waals surface area contributed by atoms with Gasteiger partial charge < -0.3 is 5.11 Å². The second kappa shape index (κ2) is 4.37. The molecule has 1 aromatic heterocycles. The minimum absolute atomic E-state index is 0.0119. The van der Waals surface area contributed by atoms with E-state index in [0.717, 1.165) is 24.2 Å². The van der Waals surface area contributed by atoms with Gasteiger partial charge in [-0.15, -0.1) is 5.10 Å². The van der Waals surface area contributed by atoms with Crippen molar-refractivity contribution in [2.45, 2.75) is 46.3 Å². The molecule has 0 aliphatic rings. The van der Waals surface area contributed by atoms with Crippen LogP contribution >= 0.6 is 0 Å². The topological polar surface area (TPSA) is 50.9 Å². The summed E-state index contributed by atoms with van der Waals surface area (Å²) >= 11 is 0. The molecule has 0 radical (unpaired) electrons. The van der Waals surface area contributed by atoms with Gasteiger partial charge in [0.2, 0.25) is 0 Å². The van der Waals surface area contributed by atoms with E-state index in [4.69, 9.17) is 5.11 Å². The fraction of sp³-hybridized carbons (Fsp3) is 0.778.